The minimum atomic E-state index is -0.352. The van der Waals surface area contributed by atoms with Gasteiger partial charge in [0.15, 0.2) is 10.9 Å². The Morgan fingerprint density at radius 2 is 1.91 bits per heavy atom. The molecule has 0 saturated carbocycles. The predicted molar refractivity (Wildman–Crippen MR) is 87.1 cm³/mol. The van der Waals surface area contributed by atoms with Crippen LogP contribution in [-0.2, 0) is 6.54 Å². The van der Waals surface area contributed by atoms with Crippen LogP contribution < -0.4 is 4.74 Å². The van der Waals surface area contributed by atoms with E-state index in [2.05, 4.69) is 15.1 Å². The molecule has 1 aromatic carbocycles. The van der Waals surface area contributed by atoms with Gasteiger partial charge in [0.25, 0.3) is 0 Å². The first-order valence-electron chi connectivity index (χ1n) is 7.05. The third-order valence-corrected chi connectivity index (χ3v) is 3.71. The van der Waals surface area contributed by atoms with Gasteiger partial charge in [0.2, 0.25) is 0 Å². The lowest BCUT2D eigenvalue weighted by molar-refractivity contribution is 0.432. The number of rotatable bonds is 6. The van der Waals surface area contributed by atoms with Gasteiger partial charge in [-0.2, -0.15) is 5.10 Å². The van der Waals surface area contributed by atoms with Crippen LogP contribution in [0.3, 0.4) is 0 Å². The van der Waals surface area contributed by atoms with Crippen molar-refractivity contribution in [2.45, 2.75) is 19.4 Å². The minimum Gasteiger partial charge on any atom is -0.422 e. The Morgan fingerprint density at radius 3 is 2.65 bits per heavy atom. The monoisotopic (exact) mass is 354 g/mol. The van der Waals surface area contributed by atoms with Crippen molar-refractivity contribution < 1.29 is 9.13 Å². The van der Waals surface area contributed by atoms with Crippen LogP contribution >= 0.6 is 23.2 Å². The molecule has 0 bridgehead atoms. The first kappa shape index (κ1) is 16.0. The lowest BCUT2D eigenvalue weighted by atomic mass is 10.2. The summed E-state index contributed by atoms with van der Waals surface area (Å²) < 4.78 is 19.8. The Labute approximate surface area is 142 Å². The molecule has 0 saturated heterocycles. The highest BCUT2D eigenvalue weighted by molar-refractivity contribution is 6.34. The maximum absolute atomic E-state index is 12.3. The van der Waals surface area contributed by atoms with Gasteiger partial charge in [-0.15, -0.1) is 0 Å². The Hall–Kier alpha value is -1.92. The molecule has 120 valence electrons. The summed E-state index contributed by atoms with van der Waals surface area (Å²) in [5.74, 6) is 0.532. The second kappa shape index (κ2) is 7.10. The summed E-state index contributed by atoms with van der Waals surface area (Å²) in [6.07, 6.45) is 4.04. The molecule has 23 heavy (non-hydrogen) atoms. The van der Waals surface area contributed by atoms with E-state index in [9.17, 15) is 4.39 Å². The summed E-state index contributed by atoms with van der Waals surface area (Å²) in [4.78, 5) is 8.03. The highest BCUT2D eigenvalue weighted by Gasteiger charge is 2.15. The number of hydrogen-bond acceptors (Lipinski definition) is 4. The second-order valence-corrected chi connectivity index (χ2v) is 5.64. The van der Waals surface area contributed by atoms with Crippen LogP contribution in [0, 0.1) is 0 Å². The molecule has 0 radical (unpaired) electrons. The van der Waals surface area contributed by atoms with Crippen LogP contribution in [-0.4, -0.2) is 26.4 Å². The number of hydrogen-bond donors (Lipinski definition) is 0. The number of para-hydroxylation sites is 1. The van der Waals surface area contributed by atoms with Crippen molar-refractivity contribution in [2.24, 2.45) is 0 Å². The highest BCUT2D eigenvalue weighted by Crippen LogP contribution is 2.32. The van der Waals surface area contributed by atoms with Crippen LogP contribution in [0.25, 0.3) is 10.9 Å². The molecule has 0 aliphatic carbocycles. The van der Waals surface area contributed by atoms with E-state index in [0.29, 0.717) is 35.3 Å². The zero-order valence-electron chi connectivity index (χ0n) is 12.0. The van der Waals surface area contributed by atoms with Crippen LogP contribution in [0.4, 0.5) is 4.39 Å². The number of halogens is 3. The Kier molecular flexibility index (Phi) is 4.93. The number of fused-ring (bicyclic) bond motifs is 1. The Balaban J connectivity index is 1.97. The molecule has 0 amide bonds. The van der Waals surface area contributed by atoms with E-state index >= 15 is 0 Å². The highest BCUT2D eigenvalue weighted by atomic mass is 35.5. The number of aryl methyl sites for hydroxylation is 1. The normalized spacial score (nSPS) is 11.1. The van der Waals surface area contributed by atoms with Crippen molar-refractivity contribution in [1.29, 1.82) is 0 Å². The van der Waals surface area contributed by atoms with Gasteiger partial charge in [0.1, 0.15) is 5.52 Å². The summed E-state index contributed by atoms with van der Waals surface area (Å²) in [7, 11) is 0. The van der Waals surface area contributed by atoms with Gasteiger partial charge in [-0.05, 0) is 25.0 Å². The van der Waals surface area contributed by atoms with E-state index in [0.717, 1.165) is 10.9 Å². The summed E-state index contributed by atoms with van der Waals surface area (Å²) in [6, 6.07) is 5.62. The fourth-order valence-electron chi connectivity index (χ4n) is 2.22. The Morgan fingerprint density at radius 1 is 1.13 bits per heavy atom. The summed E-state index contributed by atoms with van der Waals surface area (Å²) in [6.45, 7) is 0.198. The van der Waals surface area contributed by atoms with Crippen LogP contribution in [0.1, 0.15) is 12.8 Å². The molecule has 3 aromatic rings. The molecule has 5 nitrogen and oxygen atoms in total. The van der Waals surface area contributed by atoms with E-state index in [1.54, 1.807) is 10.7 Å². The number of aromatic nitrogens is 4. The van der Waals surface area contributed by atoms with Gasteiger partial charge in [-0.1, -0.05) is 29.3 Å². The summed E-state index contributed by atoms with van der Waals surface area (Å²) >= 11 is 11.9. The third-order valence-electron chi connectivity index (χ3n) is 3.24. The minimum absolute atomic E-state index is 0.175. The smallest absolute Gasteiger partial charge is 0.322 e. The number of ether oxygens (including phenoxy) is 1. The molecule has 8 heteroatoms. The zero-order valence-corrected chi connectivity index (χ0v) is 13.6. The maximum atomic E-state index is 12.3. The van der Waals surface area contributed by atoms with Gasteiger partial charge in [0.05, 0.1) is 24.1 Å². The topological polar surface area (TPSA) is 52.8 Å². The number of nitrogens with zero attached hydrogens (tertiary/aromatic N) is 4. The molecular formula is C15H13Cl2FN4O. The summed E-state index contributed by atoms with van der Waals surface area (Å²) in [5, 5.41) is 5.86. The van der Waals surface area contributed by atoms with Crippen LogP contribution in [0.2, 0.25) is 10.2 Å². The van der Waals surface area contributed by atoms with Crippen molar-refractivity contribution in [1.82, 2.24) is 19.7 Å². The quantitative estimate of drug-likeness (QED) is 0.603. The maximum Gasteiger partial charge on any atom is 0.322 e. The fourth-order valence-corrected chi connectivity index (χ4v) is 2.56. The molecule has 0 N–H and O–H groups in total. The lowest BCUT2D eigenvalue weighted by Crippen LogP contribution is -2.02. The van der Waals surface area contributed by atoms with E-state index in [1.807, 2.05) is 12.1 Å². The van der Waals surface area contributed by atoms with E-state index in [1.165, 1.54) is 12.4 Å². The van der Waals surface area contributed by atoms with Gasteiger partial charge in [-0.3, -0.25) is 9.07 Å². The predicted octanol–water partition coefficient (Wildman–Crippen LogP) is 4.68. The molecule has 0 unspecified atom stereocenters. The zero-order chi connectivity index (χ0) is 16.2. The van der Waals surface area contributed by atoms with Gasteiger partial charge < -0.3 is 4.74 Å². The van der Waals surface area contributed by atoms with Crippen LogP contribution in [0.15, 0.2) is 30.6 Å². The van der Waals surface area contributed by atoms with Crippen molar-refractivity contribution in [3.05, 3.63) is 40.8 Å². The first-order valence-corrected chi connectivity index (χ1v) is 7.81. The molecular weight excluding hydrogens is 342 g/mol. The van der Waals surface area contributed by atoms with Gasteiger partial charge in [-0.25, -0.2) is 9.97 Å². The Bertz CT molecular complexity index is 807. The molecule has 2 aromatic heterocycles. The summed E-state index contributed by atoms with van der Waals surface area (Å²) in [5.41, 5.74) is 0.731. The number of unbranched alkanes of at least 4 members (excludes halogenated alkanes) is 1. The van der Waals surface area contributed by atoms with E-state index < -0.39 is 0 Å². The molecule has 2 heterocycles. The number of benzene rings is 1. The molecule has 0 aliphatic rings. The SMILES string of the molecule is FCCCCn1nc(Cl)c2cccc(Oc3ncc(Cl)cn3)c21. The molecule has 3 rings (SSSR count). The standard InChI is InChI=1S/C15H13Cl2FN4O/c16-10-8-19-15(20-9-10)23-12-5-3-4-11-13(12)22(21-14(11)17)7-2-1-6-18/h3-5,8-9H,1-2,6-7H2. The molecule has 0 spiro atoms. The van der Waals surface area contributed by atoms with Crippen molar-refractivity contribution in [2.75, 3.05) is 6.67 Å². The molecule has 0 aliphatic heterocycles. The fraction of sp³-hybridized carbons (Fsp3) is 0.267. The lowest BCUT2D eigenvalue weighted by Gasteiger charge is -2.08. The number of alkyl halides is 1. The first-order chi connectivity index (χ1) is 11.2. The average molecular weight is 355 g/mol. The largest absolute Gasteiger partial charge is 0.422 e. The van der Waals surface area contributed by atoms with Crippen LogP contribution in [0.5, 0.6) is 11.8 Å². The van der Waals surface area contributed by atoms with E-state index in [4.69, 9.17) is 27.9 Å². The second-order valence-electron chi connectivity index (χ2n) is 4.85. The van der Waals surface area contributed by atoms with E-state index in [-0.39, 0.29) is 12.7 Å². The van der Waals surface area contributed by atoms with Crippen molar-refractivity contribution >= 4 is 34.1 Å². The van der Waals surface area contributed by atoms with Crippen molar-refractivity contribution in [3.63, 3.8) is 0 Å². The molecule has 0 fully saturated rings. The van der Waals surface area contributed by atoms with Gasteiger partial charge >= 0.3 is 6.01 Å². The van der Waals surface area contributed by atoms with Gasteiger partial charge in [0, 0.05) is 11.9 Å². The molecule has 0 atom stereocenters. The average Bonchev–Trinajstić information content (AvgIpc) is 2.87. The third kappa shape index (κ3) is 3.54. The van der Waals surface area contributed by atoms with Crippen molar-refractivity contribution in [3.8, 4) is 11.8 Å².